The maximum Gasteiger partial charge on any atom is 0.271 e. The molecule has 1 N–H and O–H groups in total. The smallest absolute Gasteiger partial charge is 0.271 e. The Balaban J connectivity index is 1.68. The van der Waals surface area contributed by atoms with Gasteiger partial charge in [-0.2, -0.15) is 5.10 Å². The molecule has 3 aromatic carbocycles. The molecule has 0 fully saturated rings. The number of benzene rings is 3. The molecule has 3 rings (SSSR count). The van der Waals surface area contributed by atoms with Crippen LogP contribution in [0.2, 0.25) is 10.0 Å². The number of hydrazone groups is 1. The molecule has 0 aliphatic carbocycles. The van der Waals surface area contributed by atoms with E-state index in [4.69, 9.17) is 32.7 Å². The largest absolute Gasteiger partial charge is 0.493 e. The first-order valence-electron chi connectivity index (χ1n) is 8.80. The van der Waals surface area contributed by atoms with E-state index in [1.54, 1.807) is 48.5 Å². The van der Waals surface area contributed by atoms with Crippen LogP contribution in [0.1, 0.15) is 21.5 Å². The van der Waals surface area contributed by atoms with Gasteiger partial charge < -0.3 is 9.47 Å². The van der Waals surface area contributed by atoms with E-state index in [0.717, 1.165) is 10.0 Å². The number of amides is 1. The fourth-order valence-corrected chi connectivity index (χ4v) is 3.19. The van der Waals surface area contributed by atoms with E-state index in [2.05, 4.69) is 26.5 Å². The van der Waals surface area contributed by atoms with E-state index in [9.17, 15) is 4.79 Å². The van der Waals surface area contributed by atoms with E-state index in [1.165, 1.54) is 13.3 Å². The topological polar surface area (TPSA) is 59.9 Å². The van der Waals surface area contributed by atoms with E-state index >= 15 is 0 Å². The van der Waals surface area contributed by atoms with Crippen molar-refractivity contribution < 1.29 is 14.3 Å². The summed E-state index contributed by atoms with van der Waals surface area (Å²) in [5.41, 5.74) is 4.56. The van der Waals surface area contributed by atoms with Crippen molar-refractivity contribution in [2.24, 2.45) is 5.10 Å². The van der Waals surface area contributed by atoms with Crippen LogP contribution in [-0.4, -0.2) is 19.2 Å². The first kappa shape index (κ1) is 22.2. The molecular formula is C22H17BrCl2N2O3. The number of carbonyl (C=O) groups is 1. The quantitative estimate of drug-likeness (QED) is 0.310. The van der Waals surface area contributed by atoms with Gasteiger partial charge in [0.25, 0.3) is 5.91 Å². The van der Waals surface area contributed by atoms with Crippen LogP contribution >= 0.6 is 39.1 Å². The van der Waals surface area contributed by atoms with Crippen LogP contribution in [0, 0.1) is 0 Å². The van der Waals surface area contributed by atoms with Crippen LogP contribution in [-0.2, 0) is 6.61 Å². The highest BCUT2D eigenvalue weighted by Crippen LogP contribution is 2.36. The molecule has 30 heavy (non-hydrogen) atoms. The summed E-state index contributed by atoms with van der Waals surface area (Å²) in [6.07, 6.45) is 1.48. The molecular weight excluding hydrogens is 491 g/mol. The SMILES string of the molecule is COc1cc(/C=N\NC(=O)c2ccc(Br)cc2)cc(Cl)c1OCc1ccc(Cl)cc1. The van der Waals surface area contributed by atoms with Crippen molar-refractivity contribution in [1.29, 1.82) is 0 Å². The number of carbonyl (C=O) groups excluding carboxylic acids is 1. The van der Waals surface area contributed by atoms with Gasteiger partial charge in [0.1, 0.15) is 6.61 Å². The van der Waals surface area contributed by atoms with Crippen molar-refractivity contribution in [3.63, 3.8) is 0 Å². The van der Waals surface area contributed by atoms with Gasteiger partial charge in [-0.3, -0.25) is 4.79 Å². The molecule has 1 amide bonds. The van der Waals surface area contributed by atoms with E-state index in [0.29, 0.717) is 39.3 Å². The molecule has 0 unspecified atom stereocenters. The van der Waals surface area contributed by atoms with Gasteiger partial charge in [0, 0.05) is 15.1 Å². The molecule has 3 aromatic rings. The van der Waals surface area contributed by atoms with E-state index in [1.807, 2.05) is 12.1 Å². The second-order valence-electron chi connectivity index (χ2n) is 6.16. The number of hydrogen-bond donors (Lipinski definition) is 1. The number of ether oxygens (including phenoxy) is 2. The number of rotatable bonds is 7. The van der Waals surface area contributed by atoms with Crippen LogP contribution in [0.25, 0.3) is 0 Å². The van der Waals surface area contributed by atoms with Crippen molar-refractivity contribution in [2.45, 2.75) is 6.61 Å². The fraction of sp³-hybridized carbons (Fsp3) is 0.0909. The molecule has 0 saturated carbocycles. The maximum atomic E-state index is 12.1. The van der Waals surface area contributed by atoms with Crippen LogP contribution in [0.4, 0.5) is 0 Å². The standard InChI is InChI=1S/C22H17BrCl2N2O3/c1-29-20-11-15(12-26-27-22(28)16-4-6-17(23)7-5-16)10-19(25)21(20)30-13-14-2-8-18(24)9-3-14/h2-12H,13H2,1H3,(H,27,28)/b26-12-. The summed E-state index contributed by atoms with van der Waals surface area (Å²) in [5, 5.41) is 5.01. The summed E-state index contributed by atoms with van der Waals surface area (Å²) in [7, 11) is 1.52. The molecule has 0 atom stereocenters. The molecule has 154 valence electrons. The minimum atomic E-state index is -0.320. The Hall–Kier alpha value is -2.54. The number of hydrogen-bond acceptors (Lipinski definition) is 4. The van der Waals surface area contributed by atoms with Gasteiger partial charge in [0.2, 0.25) is 0 Å². The molecule has 0 aromatic heterocycles. The van der Waals surface area contributed by atoms with Crippen LogP contribution in [0.15, 0.2) is 70.2 Å². The second-order valence-corrected chi connectivity index (χ2v) is 7.91. The lowest BCUT2D eigenvalue weighted by Crippen LogP contribution is -2.17. The Labute approximate surface area is 192 Å². The average molecular weight is 508 g/mol. The van der Waals surface area contributed by atoms with Crippen LogP contribution in [0.3, 0.4) is 0 Å². The van der Waals surface area contributed by atoms with E-state index < -0.39 is 0 Å². The van der Waals surface area contributed by atoms with Crippen molar-refractivity contribution in [1.82, 2.24) is 5.43 Å². The third-order valence-electron chi connectivity index (χ3n) is 4.03. The summed E-state index contributed by atoms with van der Waals surface area (Å²) < 4.78 is 12.1. The second kappa shape index (κ2) is 10.5. The lowest BCUT2D eigenvalue weighted by atomic mass is 10.2. The first-order chi connectivity index (χ1) is 14.5. The summed E-state index contributed by atoms with van der Waals surface area (Å²) >= 11 is 15.6. The van der Waals surface area contributed by atoms with Crippen LogP contribution < -0.4 is 14.9 Å². The predicted molar refractivity (Wildman–Crippen MR) is 123 cm³/mol. The van der Waals surface area contributed by atoms with Gasteiger partial charge in [-0.05, 0) is 59.7 Å². The highest BCUT2D eigenvalue weighted by Gasteiger charge is 2.12. The third kappa shape index (κ3) is 5.98. The molecule has 0 aliphatic rings. The van der Waals surface area contributed by atoms with Crippen molar-refractivity contribution in [3.05, 3.63) is 91.9 Å². The molecule has 0 heterocycles. The molecule has 5 nitrogen and oxygen atoms in total. The van der Waals surface area contributed by atoms with Crippen molar-refractivity contribution >= 4 is 51.3 Å². The van der Waals surface area contributed by atoms with Crippen molar-refractivity contribution in [3.8, 4) is 11.5 Å². The average Bonchev–Trinajstić information content (AvgIpc) is 2.74. The monoisotopic (exact) mass is 506 g/mol. The number of nitrogens with one attached hydrogen (secondary N) is 1. The molecule has 0 spiro atoms. The summed E-state index contributed by atoms with van der Waals surface area (Å²) in [6, 6.07) is 17.7. The lowest BCUT2D eigenvalue weighted by Gasteiger charge is -2.13. The zero-order valence-corrected chi connectivity index (χ0v) is 19.0. The number of nitrogens with zero attached hydrogens (tertiary/aromatic N) is 1. The number of methoxy groups -OCH3 is 1. The van der Waals surface area contributed by atoms with Crippen LogP contribution in [0.5, 0.6) is 11.5 Å². The van der Waals surface area contributed by atoms with Gasteiger partial charge in [-0.25, -0.2) is 5.43 Å². The number of halogens is 3. The van der Waals surface area contributed by atoms with Gasteiger partial charge in [-0.1, -0.05) is 51.3 Å². The minimum Gasteiger partial charge on any atom is -0.493 e. The molecule has 0 aliphatic heterocycles. The summed E-state index contributed by atoms with van der Waals surface area (Å²) in [5.74, 6) is 0.557. The molecule has 0 saturated heterocycles. The van der Waals surface area contributed by atoms with E-state index in [-0.39, 0.29) is 5.91 Å². The Bertz CT molecular complexity index is 1060. The highest BCUT2D eigenvalue weighted by atomic mass is 79.9. The van der Waals surface area contributed by atoms with Gasteiger partial charge in [0.15, 0.2) is 11.5 Å². The van der Waals surface area contributed by atoms with Gasteiger partial charge >= 0.3 is 0 Å². The molecule has 8 heteroatoms. The third-order valence-corrected chi connectivity index (χ3v) is 5.10. The van der Waals surface area contributed by atoms with Gasteiger partial charge in [-0.15, -0.1) is 0 Å². The Morgan fingerprint density at radius 2 is 1.80 bits per heavy atom. The highest BCUT2D eigenvalue weighted by molar-refractivity contribution is 9.10. The Morgan fingerprint density at radius 3 is 2.47 bits per heavy atom. The first-order valence-corrected chi connectivity index (χ1v) is 10.3. The Morgan fingerprint density at radius 1 is 1.10 bits per heavy atom. The lowest BCUT2D eigenvalue weighted by molar-refractivity contribution is 0.0955. The normalized spacial score (nSPS) is 10.8. The predicted octanol–water partition coefficient (Wildman–Crippen LogP) is 6.11. The zero-order chi connectivity index (χ0) is 21.5. The fourth-order valence-electron chi connectivity index (χ4n) is 2.52. The maximum absolute atomic E-state index is 12.1. The molecule has 0 radical (unpaired) electrons. The Kier molecular flexibility index (Phi) is 7.74. The minimum absolute atomic E-state index is 0.309. The summed E-state index contributed by atoms with van der Waals surface area (Å²) in [6.45, 7) is 0.309. The summed E-state index contributed by atoms with van der Waals surface area (Å²) in [4.78, 5) is 12.1. The van der Waals surface area contributed by atoms with Gasteiger partial charge in [0.05, 0.1) is 18.3 Å². The molecule has 0 bridgehead atoms. The van der Waals surface area contributed by atoms with Crippen molar-refractivity contribution in [2.75, 3.05) is 7.11 Å². The zero-order valence-electron chi connectivity index (χ0n) is 15.9.